The zero-order chi connectivity index (χ0) is 12.0. The molecule has 0 aliphatic heterocycles. The minimum atomic E-state index is 0.569. The molecule has 0 atom stereocenters. The molecule has 0 aliphatic rings. The molecule has 16 heavy (non-hydrogen) atoms. The van der Waals surface area contributed by atoms with Crippen LogP contribution in [0.4, 0.5) is 5.13 Å². The second-order valence-electron chi connectivity index (χ2n) is 3.93. The molecule has 1 aromatic rings. The van der Waals surface area contributed by atoms with Gasteiger partial charge in [-0.3, -0.25) is 0 Å². The van der Waals surface area contributed by atoms with E-state index in [-0.39, 0.29) is 0 Å². The third kappa shape index (κ3) is 3.19. The Kier molecular flexibility index (Phi) is 5.77. The molecular formula is C12H23N3S. The summed E-state index contributed by atoms with van der Waals surface area (Å²) in [5.74, 6) is 0. The molecule has 1 heterocycles. The Morgan fingerprint density at radius 2 is 2.06 bits per heavy atom. The van der Waals surface area contributed by atoms with E-state index in [4.69, 9.17) is 5.73 Å². The fourth-order valence-electron chi connectivity index (χ4n) is 1.89. The molecule has 0 amide bonds. The number of nitrogens with two attached hydrogens (primary N) is 1. The van der Waals surface area contributed by atoms with Gasteiger partial charge in [-0.2, -0.15) is 0 Å². The van der Waals surface area contributed by atoms with E-state index in [9.17, 15) is 0 Å². The van der Waals surface area contributed by atoms with Crippen LogP contribution in [-0.4, -0.2) is 24.1 Å². The number of aryl methyl sites for hydroxylation is 1. The predicted octanol–water partition coefficient (Wildman–Crippen LogP) is 2.66. The molecular weight excluding hydrogens is 218 g/mol. The molecule has 0 aliphatic carbocycles. The summed E-state index contributed by atoms with van der Waals surface area (Å²) >= 11 is 1.74. The largest absolute Gasteiger partial charge is 0.344 e. The fraction of sp³-hybridized carbons (Fsp3) is 0.750. The molecule has 1 rings (SSSR count). The number of aromatic nitrogens is 1. The first-order valence-corrected chi connectivity index (χ1v) is 7.05. The summed E-state index contributed by atoms with van der Waals surface area (Å²) in [6, 6.07) is 0.569. The van der Waals surface area contributed by atoms with Gasteiger partial charge in [0.05, 0.1) is 5.69 Å². The molecule has 1 aromatic heterocycles. The highest BCUT2D eigenvalue weighted by Gasteiger charge is 2.17. The Bertz CT molecular complexity index is 294. The van der Waals surface area contributed by atoms with Crippen molar-refractivity contribution in [3.8, 4) is 0 Å². The van der Waals surface area contributed by atoms with Crippen LogP contribution in [0.1, 0.15) is 39.3 Å². The summed E-state index contributed by atoms with van der Waals surface area (Å²) in [7, 11) is 0. The second-order valence-corrected chi connectivity index (χ2v) is 4.76. The maximum absolute atomic E-state index is 5.69. The molecule has 0 saturated carbocycles. The molecule has 0 bridgehead atoms. The van der Waals surface area contributed by atoms with Gasteiger partial charge < -0.3 is 10.6 Å². The van der Waals surface area contributed by atoms with Crippen molar-refractivity contribution >= 4 is 16.5 Å². The van der Waals surface area contributed by atoms with E-state index in [1.54, 1.807) is 11.3 Å². The van der Waals surface area contributed by atoms with Gasteiger partial charge in [-0.1, -0.05) is 20.8 Å². The SMILES string of the molecule is CCc1csc(N(CCN)C(CC)CC)n1. The van der Waals surface area contributed by atoms with Gasteiger partial charge in [-0.15, -0.1) is 11.3 Å². The van der Waals surface area contributed by atoms with Crippen LogP contribution in [0.25, 0.3) is 0 Å². The van der Waals surface area contributed by atoms with Gasteiger partial charge in [-0.25, -0.2) is 4.98 Å². The molecule has 2 N–H and O–H groups in total. The Morgan fingerprint density at radius 3 is 2.50 bits per heavy atom. The summed E-state index contributed by atoms with van der Waals surface area (Å²) in [6.45, 7) is 8.20. The Morgan fingerprint density at radius 1 is 1.38 bits per heavy atom. The third-order valence-corrected chi connectivity index (χ3v) is 3.83. The van der Waals surface area contributed by atoms with Gasteiger partial charge in [-0.05, 0) is 19.3 Å². The van der Waals surface area contributed by atoms with Crippen LogP contribution in [0, 0.1) is 0 Å². The lowest BCUT2D eigenvalue weighted by Gasteiger charge is -2.29. The average Bonchev–Trinajstić information content (AvgIpc) is 2.77. The van der Waals surface area contributed by atoms with Crippen molar-refractivity contribution in [1.29, 1.82) is 0 Å². The molecule has 0 aromatic carbocycles. The molecule has 92 valence electrons. The van der Waals surface area contributed by atoms with Gasteiger partial charge >= 0.3 is 0 Å². The Hall–Kier alpha value is -0.610. The molecule has 0 unspecified atom stereocenters. The summed E-state index contributed by atoms with van der Waals surface area (Å²) < 4.78 is 0. The molecule has 3 nitrogen and oxygen atoms in total. The van der Waals surface area contributed by atoms with Crippen molar-refractivity contribution in [3.63, 3.8) is 0 Å². The van der Waals surface area contributed by atoms with Gasteiger partial charge in [0.15, 0.2) is 5.13 Å². The van der Waals surface area contributed by atoms with E-state index in [0.29, 0.717) is 12.6 Å². The van der Waals surface area contributed by atoms with Crippen molar-refractivity contribution in [2.24, 2.45) is 5.73 Å². The quantitative estimate of drug-likeness (QED) is 0.798. The minimum Gasteiger partial charge on any atom is -0.344 e. The lowest BCUT2D eigenvalue weighted by molar-refractivity contribution is 0.557. The van der Waals surface area contributed by atoms with Crippen LogP contribution < -0.4 is 10.6 Å². The van der Waals surface area contributed by atoms with E-state index in [0.717, 1.165) is 30.9 Å². The highest BCUT2D eigenvalue weighted by Crippen LogP contribution is 2.24. The maximum atomic E-state index is 5.69. The molecule has 4 heteroatoms. The number of nitrogens with zero attached hydrogens (tertiary/aromatic N) is 2. The highest BCUT2D eigenvalue weighted by atomic mass is 32.1. The lowest BCUT2D eigenvalue weighted by Crippen LogP contribution is -2.38. The van der Waals surface area contributed by atoms with Crippen molar-refractivity contribution in [2.45, 2.75) is 46.1 Å². The normalized spacial score (nSPS) is 11.1. The van der Waals surface area contributed by atoms with E-state index in [2.05, 4.69) is 36.0 Å². The molecule has 0 radical (unpaired) electrons. The zero-order valence-electron chi connectivity index (χ0n) is 10.6. The van der Waals surface area contributed by atoms with Gasteiger partial charge in [0.1, 0.15) is 0 Å². The van der Waals surface area contributed by atoms with Crippen LogP contribution in [0.5, 0.6) is 0 Å². The third-order valence-electron chi connectivity index (χ3n) is 2.90. The lowest BCUT2D eigenvalue weighted by atomic mass is 10.1. The van der Waals surface area contributed by atoms with Crippen LogP contribution in [0.2, 0.25) is 0 Å². The van der Waals surface area contributed by atoms with Gasteiger partial charge in [0.25, 0.3) is 0 Å². The number of rotatable bonds is 7. The van der Waals surface area contributed by atoms with Crippen molar-refractivity contribution in [3.05, 3.63) is 11.1 Å². The number of thiazole rings is 1. The summed E-state index contributed by atoms with van der Waals surface area (Å²) in [6.07, 6.45) is 3.31. The first kappa shape index (κ1) is 13.5. The number of anilines is 1. The minimum absolute atomic E-state index is 0.569. The summed E-state index contributed by atoms with van der Waals surface area (Å²) in [5.41, 5.74) is 6.88. The van der Waals surface area contributed by atoms with Crippen molar-refractivity contribution in [2.75, 3.05) is 18.0 Å². The molecule has 0 saturated heterocycles. The fourth-order valence-corrected chi connectivity index (χ4v) is 2.90. The van der Waals surface area contributed by atoms with Crippen LogP contribution in [0.15, 0.2) is 5.38 Å². The van der Waals surface area contributed by atoms with Crippen LogP contribution in [0.3, 0.4) is 0 Å². The maximum Gasteiger partial charge on any atom is 0.185 e. The summed E-state index contributed by atoms with van der Waals surface area (Å²) in [4.78, 5) is 7.02. The molecule has 0 spiro atoms. The van der Waals surface area contributed by atoms with Gasteiger partial charge in [0, 0.05) is 24.5 Å². The smallest absolute Gasteiger partial charge is 0.185 e. The van der Waals surface area contributed by atoms with Gasteiger partial charge in [0.2, 0.25) is 0 Å². The Labute approximate surface area is 103 Å². The number of hydrogen-bond acceptors (Lipinski definition) is 4. The number of hydrogen-bond donors (Lipinski definition) is 1. The monoisotopic (exact) mass is 241 g/mol. The second kappa shape index (κ2) is 6.86. The summed E-state index contributed by atoms with van der Waals surface area (Å²) in [5, 5.41) is 3.29. The highest BCUT2D eigenvalue weighted by molar-refractivity contribution is 7.13. The predicted molar refractivity (Wildman–Crippen MR) is 72.3 cm³/mol. The Balaban J connectivity index is 2.82. The topological polar surface area (TPSA) is 42.1 Å². The zero-order valence-corrected chi connectivity index (χ0v) is 11.4. The van der Waals surface area contributed by atoms with E-state index in [1.807, 2.05) is 0 Å². The first-order valence-electron chi connectivity index (χ1n) is 6.17. The van der Waals surface area contributed by atoms with Crippen molar-refractivity contribution in [1.82, 2.24) is 4.98 Å². The van der Waals surface area contributed by atoms with E-state index in [1.165, 1.54) is 5.69 Å². The van der Waals surface area contributed by atoms with E-state index < -0.39 is 0 Å². The standard InChI is InChI=1S/C12H23N3S/c1-4-10-9-16-12(14-10)15(8-7-13)11(5-2)6-3/h9,11H,4-8,13H2,1-3H3. The molecule has 0 fully saturated rings. The average molecular weight is 241 g/mol. The van der Waals surface area contributed by atoms with Crippen molar-refractivity contribution < 1.29 is 0 Å². The first-order chi connectivity index (χ1) is 7.76. The van der Waals surface area contributed by atoms with E-state index >= 15 is 0 Å². The van der Waals surface area contributed by atoms with Crippen LogP contribution in [-0.2, 0) is 6.42 Å². The van der Waals surface area contributed by atoms with Crippen LogP contribution >= 0.6 is 11.3 Å².